The minimum atomic E-state index is -4.04. The summed E-state index contributed by atoms with van der Waals surface area (Å²) in [7, 11) is -2.74. The number of hydrogen-bond donors (Lipinski definition) is 1. The van der Waals surface area contributed by atoms with Gasteiger partial charge in [0.25, 0.3) is 0 Å². The molecule has 0 atom stereocenters. The minimum Gasteiger partial charge on any atom is -0.494 e. The van der Waals surface area contributed by atoms with Crippen LogP contribution in [-0.2, 0) is 19.5 Å². The smallest absolute Gasteiger partial charge is 0.338 e. The predicted molar refractivity (Wildman–Crippen MR) is 78.8 cm³/mol. The average Bonchev–Trinajstić information content (AvgIpc) is 2.41. The molecule has 0 radical (unpaired) electrons. The second-order valence-corrected chi connectivity index (χ2v) is 6.25. The number of ether oxygens (including phenoxy) is 3. The number of sulfonamides is 1. The highest BCUT2D eigenvalue weighted by Crippen LogP contribution is 2.33. The van der Waals surface area contributed by atoms with Gasteiger partial charge in [-0.3, -0.25) is 0 Å². The summed E-state index contributed by atoms with van der Waals surface area (Å²) in [6, 6.07) is 2.51. The van der Waals surface area contributed by atoms with Crippen molar-refractivity contribution in [3.8, 4) is 5.75 Å². The van der Waals surface area contributed by atoms with Gasteiger partial charge in [0.15, 0.2) is 5.75 Å². The topological polar surface area (TPSA) is 105 Å². The highest BCUT2D eigenvalue weighted by atomic mass is 79.9. The SMILES string of the molecule is CCOCCOC(=O)c1cc(Br)c(OC)c(S(N)(=O)=O)c1. The fourth-order valence-corrected chi connectivity index (χ4v) is 3.01. The Morgan fingerprint density at radius 3 is 2.52 bits per heavy atom. The van der Waals surface area contributed by atoms with E-state index in [1.54, 1.807) is 0 Å². The maximum absolute atomic E-state index is 11.9. The Hall–Kier alpha value is -1.16. The predicted octanol–water partition coefficient (Wildman–Crippen LogP) is 1.30. The van der Waals surface area contributed by atoms with Gasteiger partial charge in [0, 0.05) is 6.61 Å². The third-order valence-corrected chi connectivity index (χ3v) is 3.93. The molecule has 0 amide bonds. The Morgan fingerprint density at radius 2 is 2.00 bits per heavy atom. The minimum absolute atomic E-state index is 0.0309. The lowest BCUT2D eigenvalue weighted by Crippen LogP contribution is -2.16. The van der Waals surface area contributed by atoms with E-state index >= 15 is 0 Å². The number of hydrogen-bond acceptors (Lipinski definition) is 6. The van der Waals surface area contributed by atoms with Crippen LogP contribution in [0.5, 0.6) is 5.75 Å². The lowest BCUT2D eigenvalue weighted by atomic mass is 10.2. The Balaban J connectivity index is 3.04. The summed E-state index contributed by atoms with van der Waals surface area (Å²) in [5.74, 6) is -0.647. The molecule has 0 unspecified atom stereocenters. The normalized spacial score (nSPS) is 11.2. The summed E-state index contributed by atoms with van der Waals surface area (Å²) in [4.78, 5) is 11.6. The van der Waals surface area contributed by atoms with Crippen LogP contribution in [0.15, 0.2) is 21.5 Å². The van der Waals surface area contributed by atoms with Crippen LogP contribution in [0.2, 0.25) is 0 Å². The van der Waals surface area contributed by atoms with Gasteiger partial charge >= 0.3 is 5.97 Å². The molecule has 1 aromatic rings. The second kappa shape index (κ2) is 7.74. The highest BCUT2D eigenvalue weighted by Gasteiger charge is 2.21. The first-order valence-corrected chi connectivity index (χ1v) is 8.30. The number of nitrogens with two attached hydrogens (primary N) is 1. The molecular weight excluding hydrogens is 366 g/mol. The second-order valence-electron chi connectivity index (χ2n) is 3.87. The molecule has 118 valence electrons. The molecule has 7 nitrogen and oxygen atoms in total. The molecule has 0 bridgehead atoms. The maximum atomic E-state index is 11.9. The largest absolute Gasteiger partial charge is 0.494 e. The quantitative estimate of drug-likeness (QED) is 0.563. The first kappa shape index (κ1) is 17.9. The van der Waals surface area contributed by atoms with Crippen LogP contribution in [-0.4, -0.2) is 41.3 Å². The van der Waals surface area contributed by atoms with Crippen LogP contribution in [0.3, 0.4) is 0 Å². The number of carbonyl (C=O) groups is 1. The Labute approximate surface area is 131 Å². The standard InChI is InChI=1S/C12H16BrNO6S/c1-3-19-4-5-20-12(15)8-6-9(13)11(18-2)10(7-8)21(14,16)17/h6-7H,3-5H2,1-2H3,(H2,14,16,17). The van der Waals surface area contributed by atoms with Crippen molar-refractivity contribution in [1.29, 1.82) is 0 Å². The third-order valence-electron chi connectivity index (χ3n) is 2.42. The lowest BCUT2D eigenvalue weighted by Gasteiger charge is -2.11. The summed E-state index contributed by atoms with van der Waals surface area (Å²) < 4.78 is 38.3. The van der Waals surface area contributed by atoms with Crippen LogP contribution in [0.4, 0.5) is 0 Å². The molecule has 1 aromatic carbocycles. The molecule has 0 heterocycles. The zero-order valence-corrected chi connectivity index (χ0v) is 14.0. The Bertz CT molecular complexity index is 616. The van der Waals surface area contributed by atoms with Gasteiger partial charge in [-0.2, -0.15) is 0 Å². The molecule has 0 aliphatic rings. The van der Waals surface area contributed by atoms with Gasteiger partial charge in [0.2, 0.25) is 10.0 Å². The number of benzene rings is 1. The molecule has 21 heavy (non-hydrogen) atoms. The number of halogens is 1. The van der Waals surface area contributed by atoms with E-state index in [1.165, 1.54) is 13.2 Å². The molecule has 0 aliphatic heterocycles. The molecule has 0 aromatic heterocycles. The monoisotopic (exact) mass is 381 g/mol. The van der Waals surface area contributed by atoms with E-state index in [1.807, 2.05) is 6.92 Å². The molecule has 0 aliphatic carbocycles. The van der Waals surface area contributed by atoms with E-state index in [9.17, 15) is 13.2 Å². The van der Waals surface area contributed by atoms with Crippen molar-refractivity contribution in [2.45, 2.75) is 11.8 Å². The van der Waals surface area contributed by atoms with Crippen LogP contribution in [0, 0.1) is 0 Å². The first-order chi connectivity index (χ1) is 9.81. The first-order valence-electron chi connectivity index (χ1n) is 5.96. The molecule has 0 fully saturated rings. The van der Waals surface area contributed by atoms with E-state index in [0.717, 1.165) is 6.07 Å². The molecule has 0 saturated heterocycles. The van der Waals surface area contributed by atoms with Crippen molar-refractivity contribution in [3.05, 3.63) is 22.2 Å². The summed E-state index contributed by atoms with van der Waals surface area (Å²) in [5, 5.41) is 5.11. The van der Waals surface area contributed by atoms with E-state index in [0.29, 0.717) is 6.61 Å². The van der Waals surface area contributed by atoms with Gasteiger partial charge in [-0.05, 0) is 35.0 Å². The third kappa shape index (κ3) is 4.95. The van der Waals surface area contributed by atoms with Crippen LogP contribution in [0.25, 0.3) is 0 Å². The van der Waals surface area contributed by atoms with E-state index < -0.39 is 16.0 Å². The van der Waals surface area contributed by atoms with Crippen LogP contribution < -0.4 is 9.88 Å². The number of carbonyl (C=O) groups excluding carboxylic acids is 1. The lowest BCUT2D eigenvalue weighted by molar-refractivity contribution is 0.0335. The summed E-state index contributed by atoms with van der Waals surface area (Å²) in [6.07, 6.45) is 0. The molecular formula is C12H16BrNO6S. The van der Waals surface area contributed by atoms with E-state index in [-0.39, 0.29) is 33.9 Å². The van der Waals surface area contributed by atoms with Gasteiger partial charge in [-0.1, -0.05) is 0 Å². The van der Waals surface area contributed by atoms with Crippen LogP contribution in [0.1, 0.15) is 17.3 Å². The molecule has 1 rings (SSSR count). The van der Waals surface area contributed by atoms with Crippen molar-refractivity contribution in [3.63, 3.8) is 0 Å². The zero-order chi connectivity index (χ0) is 16.0. The van der Waals surface area contributed by atoms with Gasteiger partial charge in [0.1, 0.15) is 11.5 Å². The summed E-state index contributed by atoms with van der Waals surface area (Å²) in [6.45, 7) is 2.67. The highest BCUT2D eigenvalue weighted by molar-refractivity contribution is 9.10. The van der Waals surface area contributed by atoms with E-state index in [2.05, 4.69) is 15.9 Å². The number of methoxy groups -OCH3 is 1. The molecule has 0 saturated carbocycles. The van der Waals surface area contributed by atoms with Crippen molar-refractivity contribution in [1.82, 2.24) is 0 Å². The number of primary sulfonamides is 1. The Kier molecular flexibility index (Phi) is 6.59. The molecule has 9 heteroatoms. The summed E-state index contributed by atoms with van der Waals surface area (Å²) >= 11 is 3.13. The number of rotatable bonds is 7. The van der Waals surface area contributed by atoms with Gasteiger partial charge in [-0.25, -0.2) is 18.4 Å². The van der Waals surface area contributed by atoms with E-state index in [4.69, 9.17) is 19.3 Å². The van der Waals surface area contributed by atoms with Gasteiger partial charge in [0.05, 0.1) is 23.8 Å². The Morgan fingerprint density at radius 1 is 1.33 bits per heavy atom. The fraction of sp³-hybridized carbons (Fsp3) is 0.417. The maximum Gasteiger partial charge on any atom is 0.338 e. The average molecular weight is 382 g/mol. The van der Waals surface area contributed by atoms with Crippen molar-refractivity contribution in [2.24, 2.45) is 5.14 Å². The van der Waals surface area contributed by atoms with Crippen molar-refractivity contribution < 1.29 is 27.4 Å². The van der Waals surface area contributed by atoms with Gasteiger partial charge in [-0.15, -0.1) is 0 Å². The number of esters is 1. The zero-order valence-electron chi connectivity index (χ0n) is 11.6. The van der Waals surface area contributed by atoms with Crippen molar-refractivity contribution >= 4 is 31.9 Å². The van der Waals surface area contributed by atoms with Crippen molar-refractivity contribution in [2.75, 3.05) is 26.9 Å². The molecule has 0 spiro atoms. The van der Waals surface area contributed by atoms with Gasteiger partial charge < -0.3 is 14.2 Å². The van der Waals surface area contributed by atoms with Crippen LogP contribution >= 0.6 is 15.9 Å². The fourth-order valence-electron chi connectivity index (χ4n) is 1.52. The summed E-state index contributed by atoms with van der Waals surface area (Å²) in [5.41, 5.74) is 0.0446. The molecule has 2 N–H and O–H groups in total.